The van der Waals surface area contributed by atoms with E-state index in [1.165, 1.54) is 16.7 Å². The van der Waals surface area contributed by atoms with Gasteiger partial charge < -0.3 is 14.6 Å². The van der Waals surface area contributed by atoms with Crippen LogP contribution in [0.15, 0.2) is 23.0 Å². The van der Waals surface area contributed by atoms with Gasteiger partial charge in [0.05, 0.1) is 0 Å². The van der Waals surface area contributed by atoms with Crippen molar-refractivity contribution in [1.29, 1.82) is 0 Å². The van der Waals surface area contributed by atoms with Crippen LogP contribution in [-0.2, 0) is 18.4 Å². The highest BCUT2D eigenvalue weighted by Crippen LogP contribution is 2.48. The molecule has 1 fully saturated rings. The number of carbonyl (C=O) groups is 1. The Morgan fingerprint density at radius 3 is 2.43 bits per heavy atom. The summed E-state index contributed by atoms with van der Waals surface area (Å²) in [6.45, 7) is 9.00. The molecule has 1 aliphatic heterocycles. The number of fused-ring (bicyclic) bond motifs is 1. The van der Waals surface area contributed by atoms with Crippen LogP contribution in [0.3, 0.4) is 0 Å². The first-order valence-electron chi connectivity index (χ1n) is 10.8. The average molecular weight is 410 g/mol. The molecule has 1 aliphatic carbocycles. The Labute approximate surface area is 177 Å². The predicted molar refractivity (Wildman–Crippen MR) is 116 cm³/mol. The molecule has 2 aliphatic rings. The van der Waals surface area contributed by atoms with E-state index >= 15 is 0 Å². The second-order valence-corrected chi connectivity index (χ2v) is 9.41. The number of amides is 1. The number of hydrogen-bond donors (Lipinski definition) is 1. The van der Waals surface area contributed by atoms with E-state index in [1.807, 2.05) is 6.92 Å². The van der Waals surface area contributed by atoms with Gasteiger partial charge in [0.25, 0.3) is 5.91 Å². The number of likely N-dealkylation sites (N-methyl/N-ethyl adjacent to an activating group) is 1. The topological polar surface area (TPSA) is 75.4 Å². The number of aromatic hydroxyl groups is 1. The summed E-state index contributed by atoms with van der Waals surface area (Å²) in [5, 5.41) is 10.4. The quantitative estimate of drug-likeness (QED) is 0.844. The molecule has 1 amide bonds. The normalized spacial score (nSPS) is 26.2. The molecule has 2 heterocycles. The van der Waals surface area contributed by atoms with Gasteiger partial charge in [0.1, 0.15) is 5.82 Å². The molecular formula is C24H31N3O3. The second-order valence-electron chi connectivity index (χ2n) is 9.41. The van der Waals surface area contributed by atoms with E-state index < -0.39 is 11.3 Å². The minimum atomic E-state index is -0.714. The lowest BCUT2D eigenvalue weighted by atomic mass is 9.69. The minimum Gasteiger partial charge on any atom is -0.501 e. The largest absolute Gasteiger partial charge is 0.501 e. The van der Waals surface area contributed by atoms with Gasteiger partial charge in [0, 0.05) is 31.5 Å². The number of rotatable bonds is 3. The van der Waals surface area contributed by atoms with Crippen molar-refractivity contribution < 1.29 is 9.90 Å². The highest BCUT2D eigenvalue weighted by atomic mass is 16.3. The summed E-state index contributed by atoms with van der Waals surface area (Å²) in [5.41, 5.74) is 2.97. The van der Waals surface area contributed by atoms with Gasteiger partial charge in [-0.3, -0.25) is 9.59 Å². The van der Waals surface area contributed by atoms with E-state index in [0.29, 0.717) is 24.7 Å². The lowest BCUT2D eigenvalue weighted by Gasteiger charge is -2.38. The lowest BCUT2D eigenvalue weighted by molar-refractivity contribution is 0.0660. The highest BCUT2D eigenvalue weighted by Gasteiger charge is 2.44. The summed E-state index contributed by atoms with van der Waals surface area (Å²) >= 11 is 0. The van der Waals surface area contributed by atoms with E-state index in [0.717, 1.165) is 19.3 Å². The predicted octanol–water partition coefficient (Wildman–Crippen LogP) is 3.34. The average Bonchev–Trinajstić information content (AvgIpc) is 3.04. The van der Waals surface area contributed by atoms with Gasteiger partial charge in [-0.1, -0.05) is 42.7 Å². The smallest absolute Gasteiger partial charge is 0.315 e. The number of carbonyl (C=O) groups excluding carboxylic acids is 1. The van der Waals surface area contributed by atoms with E-state index in [4.69, 9.17) is 0 Å². The van der Waals surface area contributed by atoms with Crippen molar-refractivity contribution in [2.45, 2.75) is 71.4 Å². The summed E-state index contributed by atoms with van der Waals surface area (Å²) < 4.78 is 1.79. The molecule has 6 heteroatoms. The number of nitrogens with zero attached hydrogens (tertiary/aromatic N) is 3. The van der Waals surface area contributed by atoms with Crippen molar-refractivity contribution in [3.05, 3.63) is 56.8 Å². The maximum atomic E-state index is 12.9. The standard InChI is InChI=1S/C24H31N3O3/c1-14-9-15(2)11-18(10-14)24(8-6-7-16(24)3)12-19-25-22(29)21(28)20-23(30)26(5)17(4)13-27(19)20/h9-11,16-17,28H,6-8,12-13H2,1-5H3/t16?,17-,24?/m0/s1. The minimum absolute atomic E-state index is 0.0365. The third-order valence-electron chi connectivity index (χ3n) is 7.34. The van der Waals surface area contributed by atoms with Gasteiger partial charge in [-0.05, 0) is 45.1 Å². The first-order valence-corrected chi connectivity index (χ1v) is 10.8. The molecule has 1 N–H and O–H groups in total. The summed E-state index contributed by atoms with van der Waals surface area (Å²) in [6.07, 6.45) is 3.86. The first kappa shape index (κ1) is 20.6. The molecule has 160 valence electrons. The summed E-state index contributed by atoms with van der Waals surface area (Å²) in [6, 6.07) is 6.65. The Bertz CT molecular complexity index is 1050. The Morgan fingerprint density at radius 1 is 1.17 bits per heavy atom. The Balaban J connectivity index is 1.89. The Kier molecular flexibility index (Phi) is 4.99. The summed E-state index contributed by atoms with van der Waals surface area (Å²) in [4.78, 5) is 31.2. The summed E-state index contributed by atoms with van der Waals surface area (Å²) in [5.74, 6) is 0.170. The van der Waals surface area contributed by atoms with Crippen LogP contribution in [-0.4, -0.2) is 38.6 Å². The molecule has 2 aromatic rings. The monoisotopic (exact) mass is 409 g/mol. The zero-order valence-corrected chi connectivity index (χ0v) is 18.5. The molecule has 30 heavy (non-hydrogen) atoms. The van der Waals surface area contributed by atoms with Gasteiger partial charge >= 0.3 is 5.56 Å². The third kappa shape index (κ3) is 3.13. The van der Waals surface area contributed by atoms with Crippen LogP contribution in [0.4, 0.5) is 0 Å². The molecular weight excluding hydrogens is 378 g/mol. The third-order valence-corrected chi connectivity index (χ3v) is 7.34. The zero-order chi connectivity index (χ0) is 21.8. The van der Waals surface area contributed by atoms with Crippen LogP contribution in [0.1, 0.15) is 66.1 Å². The molecule has 0 saturated heterocycles. The Morgan fingerprint density at radius 2 is 1.83 bits per heavy atom. The van der Waals surface area contributed by atoms with Gasteiger partial charge in [0.2, 0.25) is 5.75 Å². The molecule has 4 rings (SSSR count). The summed E-state index contributed by atoms with van der Waals surface area (Å²) in [7, 11) is 1.70. The van der Waals surface area contributed by atoms with Crippen LogP contribution in [0, 0.1) is 19.8 Å². The molecule has 0 spiro atoms. The van der Waals surface area contributed by atoms with E-state index in [9.17, 15) is 14.7 Å². The van der Waals surface area contributed by atoms with Gasteiger partial charge in [-0.2, -0.15) is 4.98 Å². The number of aromatic nitrogens is 2. The number of hydrogen-bond acceptors (Lipinski definition) is 4. The van der Waals surface area contributed by atoms with Crippen LogP contribution in [0.25, 0.3) is 0 Å². The fraction of sp³-hybridized carbons (Fsp3) is 0.542. The van der Waals surface area contributed by atoms with Crippen LogP contribution in [0.2, 0.25) is 0 Å². The molecule has 3 atom stereocenters. The van der Waals surface area contributed by atoms with Crippen molar-refractivity contribution in [1.82, 2.24) is 14.5 Å². The maximum Gasteiger partial charge on any atom is 0.315 e. The highest BCUT2D eigenvalue weighted by molar-refractivity contribution is 5.95. The van der Waals surface area contributed by atoms with E-state index in [1.54, 1.807) is 16.5 Å². The molecule has 6 nitrogen and oxygen atoms in total. The molecule has 1 aromatic carbocycles. The van der Waals surface area contributed by atoms with Crippen molar-refractivity contribution in [3.63, 3.8) is 0 Å². The molecule has 1 aromatic heterocycles. The van der Waals surface area contributed by atoms with Crippen molar-refractivity contribution in [2.75, 3.05) is 7.05 Å². The molecule has 1 saturated carbocycles. The fourth-order valence-corrected chi connectivity index (χ4v) is 5.48. The van der Waals surface area contributed by atoms with Gasteiger partial charge in [-0.25, -0.2) is 0 Å². The maximum absolute atomic E-state index is 12.9. The van der Waals surface area contributed by atoms with Crippen LogP contribution >= 0.6 is 0 Å². The lowest BCUT2D eigenvalue weighted by Crippen LogP contribution is -2.47. The number of benzene rings is 1. The van der Waals surface area contributed by atoms with E-state index in [-0.39, 0.29) is 23.1 Å². The number of aryl methyl sites for hydroxylation is 2. The fourth-order valence-electron chi connectivity index (χ4n) is 5.48. The molecule has 0 bridgehead atoms. The Hall–Kier alpha value is -2.63. The molecule has 2 unspecified atom stereocenters. The van der Waals surface area contributed by atoms with Gasteiger partial charge in [0.15, 0.2) is 5.69 Å². The SMILES string of the molecule is Cc1cc(C)cc(C2(Cc3nc(=O)c(O)c4n3C[C@H](C)N(C)C4=O)CCCC2C)c1. The van der Waals surface area contributed by atoms with Crippen molar-refractivity contribution >= 4 is 5.91 Å². The van der Waals surface area contributed by atoms with E-state index in [2.05, 4.69) is 44.0 Å². The van der Waals surface area contributed by atoms with Gasteiger partial charge in [-0.15, -0.1) is 0 Å². The molecule has 0 radical (unpaired) electrons. The van der Waals surface area contributed by atoms with Crippen LogP contribution < -0.4 is 5.56 Å². The second kappa shape index (κ2) is 7.25. The zero-order valence-electron chi connectivity index (χ0n) is 18.5. The first-order chi connectivity index (χ1) is 14.1. The van der Waals surface area contributed by atoms with Crippen molar-refractivity contribution in [3.8, 4) is 5.75 Å². The van der Waals surface area contributed by atoms with Crippen molar-refractivity contribution in [2.24, 2.45) is 5.92 Å². The van der Waals surface area contributed by atoms with Crippen LogP contribution in [0.5, 0.6) is 5.75 Å².